The van der Waals surface area contributed by atoms with E-state index in [4.69, 9.17) is 4.74 Å². The highest BCUT2D eigenvalue weighted by atomic mass is 16.5. The van der Waals surface area contributed by atoms with Gasteiger partial charge in [0.25, 0.3) is 5.91 Å². The molecule has 0 saturated heterocycles. The average molecular weight is 380 g/mol. The van der Waals surface area contributed by atoms with Gasteiger partial charge in [-0.2, -0.15) is 0 Å². The number of amides is 2. The molecule has 5 heteroatoms. The summed E-state index contributed by atoms with van der Waals surface area (Å²) in [6, 6.07) is 14.5. The minimum Gasteiger partial charge on any atom is -0.496 e. The maximum absolute atomic E-state index is 12.6. The Morgan fingerprint density at radius 2 is 1.64 bits per heavy atom. The predicted molar refractivity (Wildman–Crippen MR) is 114 cm³/mol. The number of hydrogen-bond donors (Lipinski definition) is 1. The monoisotopic (exact) mass is 380 g/mol. The van der Waals surface area contributed by atoms with Crippen LogP contribution in [0.3, 0.4) is 0 Å². The standard InChI is InChI=1S/C23H28N2O3/c1-4-16-25(17-5-2)23(27)19-10-13-20(14-11-19)24-22(26)15-12-18-8-6-7-9-21(18)28-3/h6-15H,4-5,16-17H2,1-3H3,(H,24,26)/b15-12+. The van der Waals surface area contributed by atoms with E-state index in [1.807, 2.05) is 29.2 Å². The number of carbonyl (C=O) groups is 2. The lowest BCUT2D eigenvalue weighted by Crippen LogP contribution is -2.32. The molecule has 2 aromatic rings. The predicted octanol–water partition coefficient (Wildman–Crippen LogP) is 4.61. The van der Waals surface area contributed by atoms with E-state index in [0.717, 1.165) is 31.5 Å². The van der Waals surface area contributed by atoms with Crippen LogP contribution in [0.5, 0.6) is 5.75 Å². The van der Waals surface area contributed by atoms with Crippen LogP contribution in [-0.2, 0) is 4.79 Å². The van der Waals surface area contributed by atoms with Gasteiger partial charge in [0, 0.05) is 36.0 Å². The molecule has 0 aliphatic carbocycles. The number of para-hydroxylation sites is 1. The van der Waals surface area contributed by atoms with Gasteiger partial charge in [-0.1, -0.05) is 32.0 Å². The van der Waals surface area contributed by atoms with Crippen LogP contribution in [0, 0.1) is 0 Å². The summed E-state index contributed by atoms with van der Waals surface area (Å²) in [5.74, 6) is 0.486. The summed E-state index contributed by atoms with van der Waals surface area (Å²) in [5.41, 5.74) is 2.10. The molecule has 28 heavy (non-hydrogen) atoms. The van der Waals surface area contributed by atoms with Gasteiger partial charge in [-0.25, -0.2) is 0 Å². The summed E-state index contributed by atoms with van der Waals surface area (Å²) in [6.45, 7) is 5.62. The maximum Gasteiger partial charge on any atom is 0.253 e. The van der Waals surface area contributed by atoms with E-state index in [1.165, 1.54) is 6.08 Å². The Morgan fingerprint density at radius 3 is 2.25 bits per heavy atom. The largest absolute Gasteiger partial charge is 0.496 e. The lowest BCUT2D eigenvalue weighted by Gasteiger charge is -2.21. The fraction of sp³-hybridized carbons (Fsp3) is 0.304. The second kappa shape index (κ2) is 10.9. The highest BCUT2D eigenvalue weighted by molar-refractivity contribution is 6.02. The van der Waals surface area contributed by atoms with Crippen LogP contribution in [0.4, 0.5) is 5.69 Å². The molecule has 0 radical (unpaired) electrons. The maximum atomic E-state index is 12.6. The minimum absolute atomic E-state index is 0.0256. The van der Waals surface area contributed by atoms with E-state index >= 15 is 0 Å². The number of ether oxygens (including phenoxy) is 1. The Labute approximate surface area is 167 Å². The molecule has 2 rings (SSSR count). The van der Waals surface area contributed by atoms with Crippen molar-refractivity contribution in [3.8, 4) is 5.75 Å². The van der Waals surface area contributed by atoms with Crippen molar-refractivity contribution in [2.75, 3.05) is 25.5 Å². The molecule has 0 atom stereocenters. The van der Waals surface area contributed by atoms with Crippen LogP contribution in [0.1, 0.15) is 42.6 Å². The Hall–Kier alpha value is -3.08. The van der Waals surface area contributed by atoms with Crippen molar-refractivity contribution in [3.63, 3.8) is 0 Å². The van der Waals surface area contributed by atoms with Crippen molar-refractivity contribution in [3.05, 3.63) is 65.7 Å². The van der Waals surface area contributed by atoms with Crippen LogP contribution >= 0.6 is 0 Å². The number of benzene rings is 2. The second-order valence-electron chi connectivity index (χ2n) is 6.43. The summed E-state index contributed by atoms with van der Waals surface area (Å²) in [6.07, 6.45) is 5.03. The summed E-state index contributed by atoms with van der Waals surface area (Å²) < 4.78 is 5.27. The molecule has 2 amide bonds. The molecule has 0 aromatic heterocycles. The van der Waals surface area contributed by atoms with Gasteiger partial charge in [-0.15, -0.1) is 0 Å². The fourth-order valence-corrected chi connectivity index (χ4v) is 2.89. The van der Waals surface area contributed by atoms with Crippen LogP contribution in [-0.4, -0.2) is 36.9 Å². The molecule has 148 valence electrons. The number of hydrogen-bond acceptors (Lipinski definition) is 3. The normalized spacial score (nSPS) is 10.7. The number of anilines is 1. The summed E-state index contributed by atoms with van der Waals surface area (Å²) in [5, 5.41) is 2.80. The lowest BCUT2D eigenvalue weighted by atomic mass is 10.1. The van der Waals surface area contributed by atoms with Gasteiger partial charge in [0.15, 0.2) is 0 Å². The third kappa shape index (κ3) is 5.98. The molecule has 0 aliphatic heterocycles. The van der Waals surface area contributed by atoms with Gasteiger partial charge in [0.05, 0.1) is 7.11 Å². The zero-order chi connectivity index (χ0) is 20.4. The van der Waals surface area contributed by atoms with Crippen molar-refractivity contribution in [1.82, 2.24) is 4.90 Å². The van der Waals surface area contributed by atoms with Crippen LogP contribution < -0.4 is 10.1 Å². The van der Waals surface area contributed by atoms with Crippen molar-refractivity contribution in [1.29, 1.82) is 0 Å². The number of methoxy groups -OCH3 is 1. The number of rotatable bonds is 9. The SMILES string of the molecule is CCCN(CCC)C(=O)c1ccc(NC(=O)/C=C/c2ccccc2OC)cc1. The number of carbonyl (C=O) groups excluding carboxylic acids is 2. The summed E-state index contributed by atoms with van der Waals surface area (Å²) in [4.78, 5) is 26.6. The topological polar surface area (TPSA) is 58.6 Å². The Kier molecular flexibility index (Phi) is 8.28. The molecule has 5 nitrogen and oxygen atoms in total. The first kappa shape index (κ1) is 21.2. The van der Waals surface area contributed by atoms with Crippen LogP contribution in [0.2, 0.25) is 0 Å². The summed E-state index contributed by atoms with van der Waals surface area (Å²) in [7, 11) is 1.59. The van der Waals surface area contributed by atoms with E-state index in [-0.39, 0.29) is 11.8 Å². The molecule has 0 spiro atoms. The van der Waals surface area contributed by atoms with Crippen molar-refractivity contribution < 1.29 is 14.3 Å². The molecule has 0 fully saturated rings. The fourth-order valence-electron chi connectivity index (χ4n) is 2.89. The van der Waals surface area contributed by atoms with E-state index in [1.54, 1.807) is 37.5 Å². The van der Waals surface area contributed by atoms with Gasteiger partial charge >= 0.3 is 0 Å². The van der Waals surface area contributed by atoms with Crippen LogP contribution in [0.15, 0.2) is 54.6 Å². The third-order valence-electron chi connectivity index (χ3n) is 4.23. The first-order valence-electron chi connectivity index (χ1n) is 9.60. The van der Waals surface area contributed by atoms with Gasteiger partial charge in [-0.05, 0) is 49.2 Å². The highest BCUT2D eigenvalue weighted by Gasteiger charge is 2.14. The molecule has 0 heterocycles. The van der Waals surface area contributed by atoms with E-state index in [2.05, 4.69) is 19.2 Å². The van der Waals surface area contributed by atoms with Gasteiger partial charge in [-0.3, -0.25) is 9.59 Å². The van der Waals surface area contributed by atoms with E-state index < -0.39 is 0 Å². The van der Waals surface area contributed by atoms with E-state index in [0.29, 0.717) is 17.0 Å². The molecule has 0 bridgehead atoms. The molecular weight excluding hydrogens is 352 g/mol. The number of nitrogens with zero attached hydrogens (tertiary/aromatic N) is 1. The van der Waals surface area contributed by atoms with Crippen molar-refractivity contribution >= 4 is 23.6 Å². The Balaban J connectivity index is 2.00. The molecule has 0 saturated carbocycles. The molecule has 0 unspecified atom stereocenters. The lowest BCUT2D eigenvalue weighted by molar-refractivity contribution is -0.111. The third-order valence-corrected chi connectivity index (χ3v) is 4.23. The Morgan fingerprint density at radius 1 is 1.00 bits per heavy atom. The summed E-state index contributed by atoms with van der Waals surface area (Å²) >= 11 is 0. The minimum atomic E-state index is -0.247. The zero-order valence-electron chi connectivity index (χ0n) is 16.8. The van der Waals surface area contributed by atoms with E-state index in [9.17, 15) is 9.59 Å². The Bertz CT molecular complexity index is 807. The first-order valence-corrected chi connectivity index (χ1v) is 9.60. The highest BCUT2D eigenvalue weighted by Crippen LogP contribution is 2.19. The molecule has 1 N–H and O–H groups in total. The zero-order valence-corrected chi connectivity index (χ0v) is 16.8. The molecule has 2 aromatic carbocycles. The smallest absolute Gasteiger partial charge is 0.253 e. The van der Waals surface area contributed by atoms with Crippen LogP contribution in [0.25, 0.3) is 6.08 Å². The average Bonchev–Trinajstić information content (AvgIpc) is 2.72. The molecule has 0 aliphatic rings. The van der Waals surface area contributed by atoms with Gasteiger partial charge < -0.3 is 15.0 Å². The number of nitrogens with one attached hydrogen (secondary N) is 1. The second-order valence-corrected chi connectivity index (χ2v) is 6.43. The van der Waals surface area contributed by atoms with Gasteiger partial charge in [0.2, 0.25) is 5.91 Å². The van der Waals surface area contributed by atoms with Crippen molar-refractivity contribution in [2.45, 2.75) is 26.7 Å². The van der Waals surface area contributed by atoms with Crippen molar-refractivity contribution in [2.24, 2.45) is 0 Å². The first-order chi connectivity index (χ1) is 13.6. The van der Waals surface area contributed by atoms with Gasteiger partial charge in [0.1, 0.15) is 5.75 Å². The quantitative estimate of drug-likeness (QED) is 0.646. The molecular formula is C23H28N2O3.